The summed E-state index contributed by atoms with van der Waals surface area (Å²) in [6.45, 7) is 4.92. The minimum atomic E-state index is 0.316. The van der Waals surface area contributed by atoms with Gasteiger partial charge < -0.3 is 10.3 Å². The number of imidazole rings is 1. The highest BCUT2D eigenvalue weighted by Crippen LogP contribution is 2.18. The number of aromatic nitrogens is 2. The molecule has 0 fully saturated rings. The lowest BCUT2D eigenvalue weighted by molar-refractivity contribution is 0.568. The Balaban J connectivity index is 1.95. The molecule has 0 spiro atoms. The molecule has 0 bridgehead atoms. The lowest BCUT2D eigenvalue weighted by Gasteiger charge is -2.13. The molecule has 17 heavy (non-hydrogen) atoms. The number of hydrogen-bond acceptors (Lipinski definition) is 2. The number of nitrogens with one attached hydrogen (secondary N) is 2. The second-order valence-corrected chi connectivity index (χ2v) is 5.07. The quantitative estimate of drug-likeness (QED) is 0.908. The molecular formula is C13H16BrN3. The summed E-state index contributed by atoms with van der Waals surface area (Å²) in [7, 11) is 0. The first kappa shape index (κ1) is 12.3. The molecule has 4 heteroatoms. The van der Waals surface area contributed by atoms with Gasteiger partial charge in [0.2, 0.25) is 0 Å². The van der Waals surface area contributed by atoms with E-state index in [0.29, 0.717) is 6.04 Å². The van der Waals surface area contributed by atoms with Crippen LogP contribution in [0, 0.1) is 6.92 Å². The van der Waals surface area contributed by atoms with Crippen LogP contribution in [0.3, 0.4) is 0 Å². The third-order valence-corrected chi connectivity index (χ3v) is 3.20. The van der Waals surface area contributed by atoms with Crippen molar-refractivity contribution in [2.45, 2.75) is 26.4 Å². The Hall–Kier alpha value is -1.13. The number of halogens is 1. The Labute approximate surface area is 110 Å². The summed E-state index contributed by atoms with van der Waals surface area (Å²) in [5, 5.41) is 3.46. The van der Waals surface area contributed by atoms with E-state index in [2.05, 4.69) is 56.3 Å². The van der Waals surface area contributed by atoms with E-state index in [-0.39, 0.29) is 0 Å². The van der Waals surface area contributed by atoms with E-state index in [1.54, 1.807) is 0 Å². The van der Waals surface area contributed by atoms with E-state index in [9.17, 15) is 0 Å². The molecule has 2 rings (SSSR count). The molecule has 0 aliphatic carbocycles. The van der Waals surface area contributed by atoms with Gasteiger partial charge in [0.05, 0.1) is 0 Å². The molecule has 3 nitrogen and oxygen atoms in total. The highest BCUT2D eigenvalue weighted by atomic mass is 79.9. The lowest BCUT2D eigenvalue weighted by Crippen LogP contribution is -2.18. The van der Waals surface area contributed by atoms with Gasteiger partial charge in [0, 0.05) is 29.0 Å². The van der Waals surface area contributed by atoms with Crippen LogP contribution in [-0.2, 0) is 6.54 Å². The third-order valence-electron chi connectivity index (χ3n) is 2.70. The zero-order chi connectivity index (χ0) is 12.3. The Kier molecular flexibility index (Phi) is 3.97. The number of rotatable bonds is 4. The van der Waals surface area contributed by atoms with Crippen molar-refractivity contribution in [1.82, 2.24) is 15.3 Å². The largest absolute Gasteiger partial charge is 0.345 e. The van der Waals surface area contributed by atoms with E-state index in [1.165, 1.54) is 5.56 Å². The molecule has 1 atom stereocenters. The molecule has 0 radical (unpaired) electrons. The van der Waals surface area contributed by atoms with Crippen LogP contribution >= 0.6 is 15.9 Å². The standard InChI is InChI=1S/C13H16BrN3/c1-9(11-4-3-5-12(14)6-11)15-7-13-8-16-10(2)17-13/h3-6,8-9,15H,7H2,1-2H3,(H,16,17). The molecule has 1 heterocycles. The second-order valence-electron chi connectivity index (χ2n) is 4.15. The maximum absolute atomic E-state index is 4.18. The van der Waals surface area contributed by atoms with Crippen LogP contribution in [0.25, 0.3) is 0 Å². The fourth-order valence-electron chi connectivity index (χ4n) is 1.72. The SMILES string of the molecule is Cc1ncc(CNC(C)c2cccc(Br)c2)[nH]1. The Morgan fingerprint density at radius 1 is 1.47 bits per heavy atom. The van der Waals surface area contributed by atoms with Gasteiger partial charge in [-0.25, -0.2) is 4.98 Å². The molecular weight excluding hydrogens is 278 g/mol. The number of H-pyrrole nitrogens is 1. The zero-order valence-corrected chi connectivity index (χ0v) is 11.6. The topological polar surface area (TPSA) is 40.7 Å². The number of aromatic amines is 1. The zero-order valence-electron chi connectivity index (χ0n) is 10.00. The van der Waals surface area contributed by atoms with Gasteiger partial charge in [-0.2, -0.15) is 0 Å². The maximum Gasteiger partial charge on any atom is 0.103 e. The summed E-state index contributed by atoms with van der Waals surface area (Å²) in [6, 6.07) is 8.67. The highest BCUT2D eigenvalue weighted by molar-refractivity contribution is 9.10. The number of hydrogen-bond donors (Lipinski definition) is 2. The molecule has 0 amide bonds. The summed E-state index contributed by atoms with van der Waals surface area (Å²) in [4.78, 5) is 7.39. The van der Waals surface area contributed by atoms with E-state index >= 15 is 0 Å². The van der Waals surface area contributed by atoms with Gasteiger partial charge in [-0.1, -0.05) is 28.1 Å². The van der Waals surface area contributed by atoms with Crippen LogP contribution in [0.5, 0.6) is 0 Å². The normalized spacial score (nSPS) is 12.6. The number of nitrogens with zero attached hydrogens (tertiary/aromatic N) is 1. The van der Waals surface area contributed by atoms with Gasteiger partial charge in [0.25, 0.3) is 0 Å². The fraction of sp³-hybridized carbons (Fsp3) is 0.308. The summed E-state index contributed by atoms with van der Waals surface area (Å²) in [5.41, 5.74) is 2.39. The molecule has 0 saturated heterocycles. The molecule has 90 valence electrons. The Morgan fingerprint density at radius 2 is 2.29 bits per heavy atom. The van der Waals surface area contributed by atoms with Gasteiger partial charge >= 0.3 is 0 Å². The Bertz CT molecular complexity index is 493. The van der Waals surface area contributed by atoms with Crippen LogP contribution in [0.4, 0.5) is 0 Å². The predicted molar refractivity (Wildman–Crippen MR) is 72.7 cm³/mol. The molecule has 0 aliphatic heterocycles. The van der Waals surface area contributed by atoms with Crippen LogP contribution in [0.15, 0.2) is 34.9 Å². The van der Waals surface area contributed by atoms with Crippen molar-refractivity contribution >= 4 is 15.9 Å². The molecule has 2 N–H and O–H groups in total. The van der Waals surface area contributed by atoms with Crippen LogP contribution in [0.2, 0.25) is 0 Å². The van der Waals surface area contributed by atoms with Gasteiger partial charge in [-0.05, 0) is 31.5 Å². The molecule has 1 aromatic carbocycles. The van der Waals surface area contributed by atoms with Gasteiger partial charge in [-0.3, -0.25) is 0 Å². The molecule has 1 unspecified atom stereocenters. The number of benzene rings is 1. The molecule has 0 aliphatic rings. The summed E-state index contributed by atoms with van der Waals surface area (Å²) >= 11 is 3.49. The van der Waals surface area contributed by atoms with Crippen molar-refractivity contribution < 1.29 is 0 Å². The molecule has 1 aromatic heterocycles. The first-order chi connectivity index (χ1) is 8.15. The molecule has 2 aromatic rings. The van der Waals surface area contributed by atoms with Crippen molar-refractivity contribution in [3.8, 4) is 0 Å². The number of aryl methyl sites for hydroxylation is 1. The van der Waals surface area contributed by atoms with Crippen molar-refractivity contribution in [2.24, 2.45) is 0 Å². The van der Waals surface area contributed by atoms with Crippen LogP contribution in [-0.4, -0.2) is 9.97 Å². The first-order valence-corrected chi connectivity index (χ1v) is 6.44. The molecule has 0 saturated carbocycles. The van der Waals surface area contributed by atoms with E-state index in [4.69, 9.17) is 0 Å². The third kappa shape index (κ3) is 3.41. The average Bonchev–Trinajstić information content (AvgIpc) is 2.72. The van der Waals surface area contributed by atoms with Crippen LogP contribution in [0.1, 0.15) is 30.0 Å². The van der Waals surface area contributed by atoms with E-state index < -0.39 is 0 Å². The highest BCUT2D eigenvalue weighted by Gasteiger charge is 2.05. The van der Waals surface area contributed by atoms with E-state index in [1.807, 2.05) is 19.2 Å². The summed E-state index contributed by atoms with van der Waals surface area (Å²) < 4.78 is 1.11. The predicted octanol–water partition coefficient (Wildman–Crippen LogP) is 3.33. The smallest absolute Gasteiger partial charge is 0.103 e. The van der Waals surface area contributed by atoms with Crippen molar-refractivity contribution in [3.63, 3.8) is 0 Å². The second kappa shape index (κ2) is 5.47. The van der Waals surface area contributed by atoms with Crippen LogP contribution < -0.4 is 5.32 Å². The monoisotopic (exact) mass is 293 g/mol. The average molecular weight is 294 g/mol. The first-order valence-electron chi connectivity index (χ1n) is 5.64. The summed E-state index contributed by atoms with van der Waals surface area (Å²) in [6.07, 6.45) is 1.87. The van der Waals surface area contributed by atoms with Crippen molar-refractivity contribution in [2.75, 3.05) is 0 Å². The summed E-state index contributed by atoms with van der Waals surface area (Å²) in [5.74, 6) is 0.955. The van der Waals surface area contributed by atoms with Gasteiger partial charge in [0.1, 0.15) is 5.82 Å². The maximum atomic E-state index is 4.18. The minimum absolute atomic E-state index is 0.316. The fourth-order valence-corrected chi connectivity index (χ4v) is 2.14. The van der Waals surface area contributed by atoms with E-state index in [0.717, 1.165) is 22.5 Å². The van der Waals surface area contributed by atoms with Gasteiger partial charge in [0.15, 0.2) is 0 Å². The minimum Gasteiger partial charge on any atom is -0.345 e. The lowest BCUT2D eigenvalue weighted by atomic mass is 10.1. The van der Waals surface area contributed by atoms with Crippen molar-refractivity contribution in [1.29, 1.82) is 0 Å². The van der Waals surface area contributed by atoms with Gasteiger partial charge in [-0.15, -0.1) is 0 Å². The van der Waals surface area contributed by atoms with Crippen molar-refractivity contribution in [3.05, 3.63) is 52.0 Å². The Morgan fingerprint density at radius 3 is 2.94 bits per heavy atom.